The molecule has 0 N–H and O–H groups in total. The van der Waals surface area contributed by atoms with E-state index in [0.717, 1.165) is 16.1 Å². The molecule has 4 heteroatoms. The van der Waals surface area contributed by atoms with Crippen molar-refractivity contribution in [1.29, 1.82) is 0 Å². The Morgan fingerprint density at radius 2 is 2.07 bits per heavy atom. The Morgan fingerprint density at radius 1 is 1.27 bits per heavy atom. The Morgan fingerprint density at radius 3 is 2.60 bits per heavy atom. The molecule has 0 aliphatic carbocycles. The molecule has 2 rings (SSSR count). The van der Waals surface area contributed by atoms with E-state index in [-0.39, 0.29) is 5.78 Å². The summed E-state index contributed by atoms with van der Waals surface area (Å²) in [6.07, 6.45) is 3.13. The fourth-order valence-corrected chi connectivity index (χ4v) is 1.96. The Kier molecular flexibility index (Phi) is 2.60. The van der Waals surface area contributed by atoms with E-state index in [0.29, 0.717) is 5.69 Å². The molecule has 15 heavy (non-hydrogen) atoms. The monoisotopic (exact) mass is 218 g/mol. The molecule has 0 bridgehead atoms. The van der Waals surface area contributed by atoms with Gasteiger partial charge in [0.25, 0.3) is 0 Å². The van der Waals surface area contributed by atoms with Crippen molar-refractivity contribution in [3.8, 4) is 0 Å². The van der Waals surface area contributed by atoms with Crippen LogP contribution in [0.5, 0.6) is 0 Å². The van der Waals surface area contributed by atoms with Crippen LogP contribution in [0.3, 0.4) is 0 Å². The predicted molar refractivity (Wildman–Crippen MR) is 59.3 cm³/mol. The molecule has 0 aromatic carbocycles. The van der Waals surface area contributed by atoms with Crippen molar-refractivity contribution in [2.45, 2.75) is 13.8 Å². The van der Waals surface area contributed by atoms with Crippen molar-refractivity contribution in [2.75, 3.05) is 0 Å². The van der Waals surface area contributed by atoms with E-state index in [1.807, 2.05) is 25.3 Å². The SMILES string of the molecule is Cc1cnc(C(=O)c2ccsc2C)cn1. The number of hydrogen-bond acceptors (Lipinski definition) is 4. The average Bonchev–Trinajstić information content (AvgIpc) is 2.65. The van der Waals surface area contributed by atoms with Gasteiger partial charge in [-0.15, -0.1) is 11.3 Å². The summed E-state index contributed by atoms with van der Waals surface area (Å²) in [4.78, 5) is 21.1. The molecular weight excluding hydrogens is 208 g/mol. The van der Waals surface area contributed by atoms with Crippen molar-refractivity contribution in [3.05, 3.63) is 45.7 Å². The Hall–Kier alpha value is -1.55. The molecule has 0 aliphatic rings. The van der Waals surface area contributed by atoms with Crippen LogP contribution in [0, 0.1) is 13.8 Å². The number of carbonyl (C=O) groups is 1. The first kappa shape index (κ1) is 9.98. The van der Waals surface area contributed by atoms with E-state index in [2.05, 4.69) is 9.97 Å². The predicted octanol–water partition coefficient (Wildman–Crippen LogP) is 2.39. The van der Waals surface area contributed by atoms with Gasteiger partial charge in [-0.3, -0.25) is 9.78 Å². The maximum absolute atomic E-state index is 11.9. The first-order valence-corrected chi connectivity index (χ1v) is 5.44. The fraction of sp³-hybridized carbons (Fsp3) is 0.182. The van der Waals surface area contributed by atoms with Crippen molar-refractivity contribution in [2.24, 2.45) is 0 Å². The van der Waals surface area contributed by atoms with Crippen molar-refractivity contribution in [3.63, 3.8) is 0 Å². The number of ketones is 1. The van der Waals surface area contributed by atoms with Crippen LogP contribution in [-0.2, 0) is 0 Å². The normalized spacial score (nSPS) is 10.3. The number of thiophene rings is 1. The van der Waals surface area contributed by atoms with Gasteiger partial charge in [0.05, 0.1) is 11.9 Å². The molecule has 76 valence electrons. The summed E-state index contributed by atoms with van der Waals surface area (Å²) in [5.41, 5.74) is 1.94. The number of aromatic nitrogens is 2. The molecule has 2 aromatic heterocycles. The summed E-state index contributed by atoms with van der Waals surface area (Å²) >= 11 is 1.56. The van der Waals surface area contributed by atoms with Gasteiger partial charge >= 0.3 is 0 Å². The molecule has 0 fully saturated rings. The van der Waals surface area contributed by atoms with Gasteiger partial charge in [-0.1, -0.05) is 0 Å². The zero-order valence-electron chi connectivity index (χ0n) is 8.52. The van der Waals surface area contributed by atoms with Crippen LogP contribution >= 0.6 is 11.3 Å². The van der Waals surface area contributed by atoms with E-state index in [1.54, 1.807) is 17.5 Å². The van der Waals surface area contributed by atoms with Gasteiger partial charge in [-0.2, -0.15) is 0 Å². The van der Waals surface area contributed by atoms with Gasteiger partial charge in [0, 0.05) is 16.6 Å². The molecule has 0 spiro atoms. The van der Waals surface area contributed by atoms with Gasteiger partial charge < -0.3 is 0 Å². The molecule has 2 heterocycles. The lowest BCUT2D eigenvalue weighted by atomic mass is 10.1. The van der Waals surface area contributed by atoms with Gasteiger partial charge in [0.2, 0.25) is 5.78 Å². The third-order valence-corrected chi connectivity index (χ3v) is 2.96. The Balaban J connectivity index is 2.37. The highest BCUT2D eigenvalue weighted by Gasteiger charge is 2.13. The van der Waals surface area contributed by atoms with E-state index < -0.39 is 0 Å². The maximum atomic E-state index is 11.9. The molecule has 0 aliphatic heterocycles. The lowest BCUT2D eigenvalue weighted by molar-refractivity contribution is 0.103. The van der Waals surface area contributed by atoms with Crippen LogP contribution in [0.2, 0.25) is 0 Å². The summed E-state index contributed by atoms with van der Waals surface area (Å²) < 4.78 is 0. The highest BCUT2D eigenvalue weighted by Crippen LogP contribution is 2.17. The molecular formula is C11H10N2OS. The average molecular weight is 218 g/mol. The number of rotatable bonds is 2. The Bertz CT molecular complexity index is 488. The molecule has 0 atom stereocenters. The molecule has 0 unspecified atom stereocenters. The van der Waals surface area contributed by atoms with Crippen LogP contribution in [0.15, 0.2) is 23.8 Å². The minimum absolute atomic E-state index is 0.0544. The van der Waals surface area contributed by atoms with E-state index in [4.69, 9.17) is 0 Å². The topological polar surface area (TPSA) is 42.9 Å². The first-order valence-electron chi connectivity index (χ1n) is 4.56. The van der Waals surface area contributed by atoms with Crippen molar-refractivity contribution >= 4 is 17.1 Å². The van der Waals surface area contributed by atoms with Crippen molar-refractivity contribution in [1.82, 2.24) is 9.97 Å². The number of carbonyl (C=O) groups excluding carboxylic acids is 1. The third-order valence-electron chi connectivity index (χ3n) is 2.12. The largest absolute Gasteiger partial charge is 0.287 e. The Labute approximate surface area is 91.8 Å². The van der Waals surface area contributed by atoms with Crippen LogP contribution < -0.4 is 0 Å². The molecule has 2 aromatic rings. The van der Waals surface area contributed by atoms with Crippen LogP contribution in [-0.4, -0.2) is 15.8 Å². The minimum Gasteiger partial charge on any atom is -0.287 e. The molecule has 3 nitrogen and oxygen atoms in total. The zero-order valence-corrected chi connectivity index (χ0v) is 9.34. The smallest absolute Gasteiger partial charge is 0.214 e. The van der Waals surface area contributed by atoms with Crippen molar-refractivity contribution < 1.29 is 4.79 Å². The molecule has 0 saturated carbocycles. The van der Waals surface area contributed by atoms with Gasteiger partial charge in [-0.05, 0) is 25.3 Å². The molecule has 0 saturated heterocycles. The number of hydrogen-bond donors (Lipinski definition) is 0. The fourth-order valence-electron chi connectivity index (χ4n) is 1.27. The molecule has 0 radical (unpaired) electrons. The summed E-state index contributed by atoms with van der Waals surface area (Å²) in [5.74, 6) is -0.0544. The highest BCUT2D eigenvalue weighted by atomic mass is 32.1. The highest BCUT2D eigenvalue weighted by molar-refractivity contribution is 7.10. The van der Waals surface area contributed by atoms with Crippen LogP contribution in [0.4, 0.5) is 0 Å². The number of nitrogens with zero attached hydrogens (tertiary/aromatic N) is 2. The van der Waals surface area contributed by atoms with E-state index in [1.165, 1.54) is 6.20 Å². The van der Waals surface area contributed by atoms with E-state index in [9.17, 15) is 4.79 Å². The van der Waals surface area contributed by atoms with Gasteiger partial charge in [0.15, 0.2) is 0 Å². The first-order chi connectivity index (χ1) is 7.18. The standard InChI is InChI=1S/C11H10N2OS/c1-7-5-13-10(6-12-7)11(14)9-3-4-15-8(9)2/h3-6H,1-2H3. The summed E-state index contributed by atoms with van der Waals surface area (Å²) in [6.45, 7) is 3.77. The summed E-state index contributed by atoms with van der Waals surface area (Å²) in [7, 11) is 0. The maximum Gasteiger partial charge on any atom is 0.214 e. The zero-order chi connectivity index (χ0) is 10.8. The van der Waals surface area contributed by atoms with Gasteiger partial charge in [-0.25, -0.2) is 4.98 Å². The second kappa shape index (κ2) is 3.90. The van der Waals surface area contributed by atoms with Crippen LogP contribution in [0.1, 0.15) is 26.6 Å². The van der Waals surface area contributed by atoms with E-state index >= 15 is 0 Å². The lowest BCUT2D eigenvalue weighted by Gasteiger charge is -1.98. The summed E-state index contributed by atoms with van der Waals surface area (Å²) in [5, 5.41) is 1.91. The minimum atomic E-state index is -0.0544. The quantitative estimate of drug-likeness (QED) is 0.727. The second-order valence-corrected chi connectivity index (χ2v) is 4.38. The van der Waals surface area contributed by atoms with Gasteiger partial charge in [0.1, 0.15) is 5.69 Å². The lowest BCUT2D eigenvalue weighted by Crippen LogP contribution is -2.05. The van der Waals surface area contributed by atoms with Crippen LogP contribution in [0.25, 0.3) is 0 Å². The third kappa shape index (κ3) is 1.94. The second-order valence-electron chi connectivity index (χ2n) is 3.26. The molecule has 0 amide bonds. The number of aryl methyl sites for hydroxylation is 2. The summed E-state index contributed by atoms with van der Waals surface area (Å²) in [6, 6.07) is 1.82.